The van der Waals surface area contributed by atoms with Crippen molar-refractivity contribution in [1.29, 1.82) is 0 Å². The minimum atomic E-state index is -0.664. The van der Waals surface area contributed by atoms with Gasteiger partial charge in [0.2, 0.25) is 0 Å². The number of rotatable bonds is 3. The van der Waals surface area contributed by atoms with Crippen LogP contribution in [0.15, 0.2) is 56.5 Å². The average Bonchev–Trinajstić information content (AvgIpc) is 3.27. The number of furan rings is 1. The van der Waals surface area contributed by atoms with E-state index in [9.17, 15) is 14.4 Å². The summed E-state index contributed by atoms with van der Waals surface area (Å²) < 4.78 is 10.6. The summed E-state index contributed by atoms with van der Waals surface area (Å²) in [7, 11) is 0. The third kappa shape index (κ3) is 2.78. The van der Waals surface area contributed by atoms with Crippen LogP contribution in [0.3, 0.4) is 0 Å². The number of nitrogens with one attached hydrogen (secondary N) is 1. The Morgan fingerprint density at radius 3 is 2.88 bits per heavy atom. The topological polar surface area (TPSA) is 92.8 Å². The fourth-order valence-corrected chi connectivity index (χ4v) is 3.88. The Morgan fingerprint density at radius 2 is 2.12 bits per heavy atom. The summed E-state index contributed by atoms with van der Waals surface area (Å²) in [5, 5.41) is 0.936. The van der Waals surface area contributed by atoms with Crippen LogP contribution in [-0.2, 0) is 4.79 Å². The van der Waals surface area contributed by atoms with Gasteiger partial charge >= 0.3 is 5.91 Å². The molecule has 4 rings (SSSR count). The molecule has 1 aliphatic rings. The molecule has 2 aromatic heterocycles. The molecule has 26 heavy (non-hydrogen) atoms. The van der Waals surface area contributed by atoms with E-state index < -0.39 is 11.3 Å². The fourth-order valence-electron chi connectivity index (χ4n) is 2.78. The highest BCUT2D eigenvalue weighted by Gasteiger charge is 2.37. The molecule has 1 aliphatic heterocycles. The van der Waals surface area contributed by atoms with Crippen molar-refractivity contribution in [2.45, 2.75) is 12.3 Å². The Balaban J connectivity index is 1.71. The predicted octanol–water partition coefficient (Wildman–Crippen LogP) is 2.61. The van der Waals surface area contributed by atoms with Gasteiger partial charge < -0.3 is 8.83 Å². The number of carbonyl (C=O) groups excluding carboxylic acids is 2. The maximum Gasteiger partial charge on any atom is 0.305 e. The third-order valence-electron chi connectivity index (χ3n) is 4.06. The van der Waals surface area contributed by atoms with E-state index >= 15 is 0 Å². The highest BCUT2D eigenvalue weighted by Crippen LogP contribution is 2.36. The van der Waals surface area contributed by atoms with E-state index in [4.69, 9.17) is 8.83 Å². The normalized spacial score (nSPS) is 17.0. The molecular formula is C18H14N2O5S. The molecule has 0 saturated carbocycles. The molecule has 1 saturated heterocycles. The first kappa shape index (κ1) is 16.5. The Kier molecular flexibility index (Phi) is 4.04. The van der Waals surface area contributed by atoms with Gasteiger partial charge in [0.05, 0.1) is 23.0 Å². The van der Waals surface area contributed by atoms with Gasteiger partial charge in [0.15, 0.2) is 11.2 Å². The highest BCUT2D eigenvalue weighted by molar-refractivity contribution is 8.00. The van der Waals surface area contributed by atoms with Gasteiger partial charge in [0.25, 0.3) is 5.91 Å². The van der Waals surface area contributed by atoms with Gasteiger partial charge in [-0.25, -0.2) is 5.01 Å². The van der Waals surface area contributed by atoms with Crippen molar-refractivity contribution in [3.63, 3.8) is 0 Å². The van der Waals surface area contributed by atoms with Crippen molar-refractivity contribution in [3.8, 4) is 0 Å². The van der Waals surface area contributed by atoms with Crippen LogP contribution in [0.5, 0.6) is 0 Å². The molecule has 1 N–H and O–H groups in total. The first-order chi connectivity index (χ1) is 12.5. The lowest BCUT2D eigenvalue weighted by Crippen LogP contribution is -2.45. The largest absolute Gasteiger partial charge is 0.464 e. The molecule has 0 unspecified atom stereocenters. The van der Waals surface area contributed by atoms with E-state index in [0.717, 1.165) is 10.6 Å². The van der Waals surface area contributed by atoms with Crippen molar-refractivity contribution in [2.75, 3.05) is 5.75 Å². The van der Waals surface area contributed by atoms with Crippen molar-refractivity contribution in [2.24, 2.45) is 0 Å². The zero-order valence-electron chi connectivity index (χ0n) is 13.7. The second-order valence-corrected chi connectivity index (χ2v) is 6.93. The lowest BCUT2D eigenvalue weighted by atomic mass is 10.1. The first-order valence-electron chi connectivity index (χ1n) is 7.85. The average molecular weight is 370 g/mol. The third-order valence-corrected chi connectivity index (χ3v) is 5.25. The molecule has 1 atom stereocenters. The molecule has 7 nitrogen and oxygen atoms in total. The molecule has 0 radical (unpaired) electrons. The van der Waals surface area contributed by atoms with E-state index in [-0.39, 0.29) is 22.8 Å². The van der Waals surface area contributed by atoms with Crippen LogP contribution in [0.1, 0.15) is 27.1 Å². The van der Waals surface area contributed by atoms with Gasteiger partial charge in [-0.3, -0.25) is 19.8 Å². The number of hydrazine groups is 1. The molecule has 3 heterocycles. The number of thioether (sulfide) groups is 1. The van der Waals surface area contributed by atoms with Crippen LogP contribution < -0.4 is 10.9 Å². The summed E-state index contributed by atoms with van der Waals surface area (Å²) in [5.41, 5.74) is 4.00. The maximum atomic E-state index is 12.9. The second-order valence-electron chi connectivity index (χ2n) is 5.87. The Bertz CT molecular complexity index is 1060. The van der Waals surface area contributed by atoms with Crippen molar-refractivity contribution < 1.29 is 18.4 Å². The number of benzene rings is 1. The number of nitrogens with zero attached hydrogens (tertiary/aromatic N) is 1. The first-order valence-corrected chi connectivity index (χ1v) is 8.89. The van der Waals surface area contributed by atoms with Crippen LogP contribution >= 0.6 is 11.8 Å². The molecule has 1 aromatic carbocycles. The molecule has 0 bridgehead atoms. The number of carbonyl (C=O) groups is 2. The van der Waals surface area contributed by atoms with Crippen LogP contribution in [0.2, 0.25) is 0 Å². The predicted molar refractivity (Wildman–Crippen MR) is 95.4 cm³/mol. The summed E-state index contributed by atoms with van der Waals surface area (Å²) in [5.74, 6) is -0.635. The van der Waals surface area contributed by atoms with Crippen LogP contribution in [0, 0.1) is 6.92 Å². The Hall–Kier alpha value is -3.00. The van der Waals surface area contributed by atoms with Crippen LogP contribution in [0.4, 0.5) is 0 Å². The monoisotopic (exact) mass is 370 g/mol. The number of fused-ring (bicyclic) bond motifs is 1. The van der Waals surface area contributed by atoms with E-state index in [1.54, 1.807) is 18.2 Å². The molecule has 0 spiro atoms. The van der Waals surface area contributed by atoms with Gasteiger partial charge in [0, 0.05) is 0 Å². The zero-order chi connectivity index (χ0) is 18.3. The highest BCUT2D eigenvalue weighted by atomic mass is 32.2. The molecular weight excluding hydrogens is 356 g/mol. The number of amides is 2. The quantitative estimate of drug-likeness (QED) is 0.762. The number of hydrogen-bond acceptors (Lipinski definition) is 6. The minimum absolute atomic E-state index is 0.0784. The SMILES string of the molecule is Cc1ccc2occ([C@@H]3SCC(=O)N3NC(=O)c3ccco3)c(=O)c2c1. The molecule has 2 amide bonds. The fraction of sp³-hybridized carbons (Fsp3) is 0.167. The minimum Gasteiger partial charge on any atom is -0.464 e. The van der Waals surface area contributed by atoms with Gasteiger partial charge in [-0.05, 0) is 31.2 Å². The summed E-state index contributed by atoms with van der Waals surface area (Å²) in [4.78, 5) is 37.3. The van der Waals surface area contributed by atoms with Crippen molar-refractivity contribution in [3.05, 3.63) is 70.0 Å². The van der Waals surface area contributed by atoms with Crippen molar-refractivity contribution in [1.82, 2.24) is 10.4 Å². The lowest BCUT2D eigenvalue weighted by Gasteiger charge is -2.23. The van der Waals surface area contributed by atoms with E-state index in [2.05, 4.69) is 5.43 Å². The van der Waals surface area contributed by atoms with E-state index in [1.165, 1.54) is 30.4 Å². The molecule has 0 aliphatic carbocycles. The van der Waals surface area contributed by atoms with E-state index in [0.29, 0.717) is 16.5 Å². The number of aryl methyl sites for hydroxylation is 1. The number of hydrogen-bond donors (Lipinski definition) is 1. The van der Waals surface area contributed by atoms with Crippen LogP contribution in [0.25, 0.3) is 11.0 Å². The van der Waals surface area contributed by atoms with Crippen LogP contribution in [-0.4, -0.2) is 22.6 Å². The molecule has 132 valence electrons. The molecule has 8 heteroatoms. The smallest absolute Gasteiger partial charge is 0.305 e. The summed E-state index contributed by atoms with van der Waals surface area (Å²) >= 11 is 1.25. The lowest BCUT2D eigenvalue weighted by molar-refractivity contribution is -0.130. The Labute approximate surface area is 151 Å². The maximum absolute atomic E-state index is 12.9. The van der Waals surface area contributed by atoms with E-state index in [1.807, 2.05) is 13.0 Å². The Morgan fingerprint density at radius 1 is 1.27 bits per heavy atom. The van der Waals surface area contributed by atoms with Gasteiger partial charge in [-0.1, -0.05) is 11.6 Å². The summed E-state index contributed by atoms with van der Waals surface area (Å²) in [6, 6.07) is 8.41. The van der Waals surface area contributed by atoms with Gasteiger partial charge in [-0.2, -0.15) is 0 Å². The second kappa shape index (κ2) is 6.38. The van der Waals surface area contributed by atoms with Gasteiger partial charge in [0.1, 0.15) is 17.2 Å². The molecule has 3 aromatic rings. The van der Waals surface area contributed by atoms with Gasteiger partial charge in [-0.15, -0.1) is 11.8 Å². The summed E-state index contributed by atoms with van der Waals surface area (Å²) in [6.07, 6.45) is 2.72. The zero-order valence-corrected chi connectivity index (χ0v) is 14.5. The summed E-state index contributed by atoms with van der Waals surface area (Å²) in [6.45, 7) is 1.88. The standard InChI is InChI=1S/C18H14N2O5S/c1-10-4-5-13-11(7-10)16(22)12(8-25-13)18-20(15(21)9-26-18)19-17(23)14-3-2-6-24-14/h2-8,18H,9H2,1H3,(H,19,23)/t18-/m0/s1. The molecule has 1 fully saturated rings. The van der Waals surface area contributed by atoms with Crippen molar-refractivity contribution >= 4 is 34.5 Å².